The zero-order valence-electron chi connectivity index (χ0n) is 13.3. The van der Waals surface area contributed by atoms with Crippen LogP contribution in [-0.2, 0) is 6.54 Å². The average molecular weight is 346 g/mol. The smallest absolute Gasteiger partial charge is 0.183 e. The van der Waals surface area contributed by atoms with Gasteiger partial charge >= 0.3 is 0 Å². The van der Waals surface area contributed by atoms with Crippen LogP contribution in [0.4, 0.5) is 13.9 Å². The highest BCUT2D eigenvalue weighted by Crippen LogP contribution is 2.31. The van der Waals surface area contributed by atoms with Crippen LogP contribution >= 0.6 is 11.3 Å². The first-order chi connectivity index (χ1) is 11.6. The molecule has 0 atom stereocenters. The van der Waals surface area contributed by atoms with Crippen LogP contribution in [0.3, 0.4) is 0 Å². The van der Waals surface area contributed by atoms with Gasteiger partial charge in [0.2, 0.25) is 0 Å². The summed E-state index contributed by atoms with van der Waals surface area (Å²) >= 11 is 1.47. The standard InChI is InChI=1S/C18H16F2N2OS/c1-11-17(12-7-8-14(19)15(20)9-12)22-18(24-11)21-10-13-5-3-4-6-16(13)23-2/h3-9H,10H2,1-2H3,(H,21,22). The van der Waals surface area contributed by atoms with Gasteiger partial charge in [0.15, 0.2) is 16.8 Å². The summed E-state index contributed by atoms with van der Waals surface area (Å²) in [5.74, 6) is -0.927. The maximum Gasteiger partial charge on any atom is 0.183 e. The largest absolute Gasteiger partial charge is 0.496 e. The quantitative estimate of drug-likeness (QED) is 0.704. The number of nitrogens with zero attached hydrogens (tertiary/aromatic N) is 1. The fourth-order valence-electron chi connectivity index (χ4n) is 2.40. The zero-order chi connectivity index (χ0) is 17.1. The van der Waals surface area contributed by atoms with Crippen molar-refractivity contribution in [1.82, 2.24) is 4.98 Å². The number of para-hydroxylation sites is 1. The number of ether oxygens (including phenoxy) is 1. The van der Waals surface area contributed by atoms with Gasteiger partial charge in [0, 0.05) is 22.5 Å². The molecule has 1 heterocycles. The minimum Gasteiger partial charge on any atom is -0.496 e. The Bertz CT molecular complexity index is 864. The highest BCUT2D eigenvalue weighted by atomic mass is 32.1. The predicted octanol–water partition coefficient (Wildman–Crippen LogP) is 5.02. The lowest BCUT2D eigenvalue weighted by molar-refractivity contribution is 0.410. The molecular formula is C18H16F2N2OS. The van der Waals surface area contributed by atoms with E-state index in [2.05, 4.69) is 10.3 Å². The van der Waals surface area contributed by atoms with E-state index in [0.717, 1.165) is 27.4 Å². The van der Waals surface area contributed by atoms with Gasteiger partial charge in [-0.25, -0.2) is 13.8 Å². The first-order valence-electron chi connectivity index (χ1n) is 7.37. The number of anilines is 1. The molecule has 0 radical (unpaired) electrons. The molecule has 0 bridgehead atoms. The van der Waals surface area contributed by atoms with Crippen molar-refractivity contribution in [2.45, 2.75) is 13.5 Å². The Morgan fingerprint density at radius 2 is 1.92 bits per heavy atom. The van der Waals surface area contributed by atoms with E-state index >= 15 is 0 Å². The van der Waals surface area contributed by atoms with E-state index in [1.54, 1.807) is 7.11 Å². The number of nitrogens with one attached hydrogen (secondary N) is 1. The van der Waals surface area contributed by atoms with Crippen molar-refractivity contribution in [2.24, 2.45) is 0 Å². The van der Waals surface area contributed by atoms with Crippen LogP contribution in [0.1, 0.15) is 10.4 Å². The van der Waals surface area contributed by atoms with Gasteiger partial charge in [0.25, 0.3) is 0 Å². The zero-order valence-corrected chi connectivity index (χ0v) is 14.1. The van der Waals surface area contributed by atoms with E-state index in [1.807, 2.05) is 31.2 Å². The molecule has 2 aromatic carbocycles. The number of methoxy groups -OCH3 is 1. The van der Waals surface area contributed by atoms with E-state index in [0.29, 0.717) is 17.8 Å². The molecule has 0 saturated carbocycles. The third kappa shape index (κ3) is 3.38. The summed E-state index contributed by atoms with van der Waals surface area (Å²) in [4.78, 5) is 5.43. The summed E-state index contributed by atoms with van der Waals surface area (Å²) in [7, 11) is 1.63. The van der Waals surface area contributed by atoms with Crippen molar-refractivity contribution in [3.8, 4) is 17.0 Å². The highest BCUT2D eigenvalue weighted by molar-refractivity contribution is 7.16. The number of thiazole rings is 1. The minimum absolute atomic E-state index is 0.563. The lowest BCUT2D eigenvalue weighted by Crippen LogP contribution is -2.01. The molecule has 3 rings (SSSR count). The molecule has 0 saturated heterocycles. The van der Waals surface area contributed by atoms with Crippen LogP contribution < -0.4 is 10.1 Å². The van der Waals surface area contributed by atoms with E-state index < -0.39 is 11.6 Å². The Morgan fingerprint density at radius 3 is 2.67 bits per heavy atom. The fourth-order valence-corrected chi connectivity index (χ4v) is 3.23. The van der Waals surface area contributed by atoms with Gasteiger partial charge in [-0.15, -0.1) is 11.3 Å². The van der Waals surface area contributed by atoms with E-state index in [1.165, 1.54) is 23.5 Å². The number of hydrogen-bond acceptors (Lipinski definition) is 4. The van der Waals surface area contributed by atoms with Gasteiger partial charge in [0.1, 0.15) is 5.75 Å². The van der Waals surface area contributed by atoms with Crippen LogP contribution in [0.2, 0.25) is 0 Å². The minimum atomic E-state index is -0.872. The Balaban J connectivity index is 1.80. The van der Waals surface area contributed by atoms with Crippen molar-refractivity contribution in [2.75, 3.05) is 12.4 Å². The van der Waals surface area contributed by atoms with Gasteiger partial charge in [-0.2, -0.15) is 0 Å². The fraction of sp³-hybridized carbons (Fsp3) is 0.167. The van der Waals surface area contributed by atoms with Crippen molar-refractivity contribution in [3.63, 3.8) is 0 Å². The molecule has 0 spiro atoms. The van der Waals surface area contributed by atoms with Gasteiger partial charge in [-0.3, -0.25) is 0 Å². The molecule has 24 heavy (non-hydrogen) atoms. The van der Waals surface area contributed by atoms with Crippen LogP contribution in [0.5, 0.6) is 5.75 Å². The van der Waals surface area contributed by atoms with Crippen molar-refractivity contribution in [3.05, 3.63) is 64.5 Å². The van der Waals surface area contributed by atoms with Crippen LogP contribution in [0, 0.1) is 18.6 Å². The second-order valence-electron chi connectivity index (χ2n) is 5.22. The van der Waals surface area contributed by atoms with Gasteiger partial charge in [0.05, 0.1) is 12.8 Å². The molecule has 0 unspecified atom stereocenters. The second-order valence-corrected chi connectivity index (χ2v) is 6.42. The first kappa shape index (κ1) is 16.4. The molecule has 0 fully saturated rings. The van der Waals surface area contributed by atoms with Gasteiger partial charge < -0.3 is 10.1 Å². The summed E-state index contributed by atoms with van der Waals surface area (Å²) in [5, 5.41) is 3.97. The highest BCUT2D eigenvalue weighted by Gasteiger charge is 2.12. The molecule has 3 aromatic rings. The summed E-state index contributed by atoms with van der Waals surface area (Å²) < 4.78 is 31.8. The summed E-state index contributed by atoms with van der Waals surface area (Å²) in [6, 6.07) is 11.5. The molecule has 1 aromatic heterocycles. The molecular weight excluding hydrogens is 330 g/mol. The van der Waals surface area contributed by atoms with Gasteiger partial charge in [-0.1, -0.05) is 18.2 Å². The lowest BCUT2D eigenvalue weighted by atomic mass is 10.1. The van der Waals surface area contributed by atoms with Crippen molar-refractivity contribution >= 4 is 16.5 Å². The number of benzene rings is 2. The average Bonchev–Trinajstić information content (AvgIpc) is 2.96. The monoisotopic (exact) mass is 346 g/mol. The molecule has 3 nitrogen and oxygen atoms in total. The van der Waals surface area contributed by atoms with Crippen molar-refractivity contribution in [1.29, 1.82) is 0 Å². The molecule has 0 aliphatic carbocycles. The van der Waals surface area contributed by atoms with E-state index in [9.17, 15) is 8.78 Å². The van der Waals surface area contributed by atoms with Gasteiger partial charge in [-0.05, 0) is 31.2 Å². The second kappa shape index (κ2) is 6.97. The SMILES string of the molecule is COc1ccccc1CNc1nc(-c2ccc(F)c(F)c2)c(C)s1. The first-order valence-corrected chi connectivity index (χ1v) is 8.18. The molecule has 0 aliphatic heterocycles. The summed E-state index contributed by atoms with van der Waals surface area (Å²) in [5.41, 5.74) is 2.23. The number of aromatic nitrogens is 1. The van der Waals surface area contributed by atoms with E-state index in [-0.39, 0.29) is 0 Å². The Labute approximate surface area is 142 Å². The molecule has 1 N–H and O–H groups in total. The Morgan fingerprint density at radius 1 is 1.12 bits per heavy atom. The summed E-state index contributed by atoms with van der Waals surface area (Å²) in [6.45, 7) is 2.47. The van der Waals surface area contributed by atoms with E-state index in [4.69, 9.17) is 4.74 Å². The number of halogens is 2. The van der Waals surface area contributed by atoms with Crippen LogP contribution in [0.15, 0.2) is 42.5 Å². The molecule has 6 heteroatoms. The molecule has 124 valence electrons. The molecule has 0 amide bonds. The van der Waals surface area contributed by atoms with Crippen LogP contribution in [-0.4, -0.2) is 12.1 Å². The van der Waals surface area contributed by atoms with Crippen LogP contribution in [0.25, 0.3) is 11.3 Å². The Hall–Kier alpha value is -2.47. The maximum absolute atomic E-state index is 13.4. The molecule has 0 aliphatic rings. The summed E-state index contributed by atoms with van der Waals surface area (Å²) in [6.07, 6.45) is 0. The maximum atomic E-state index is 13.4. The normalized spacial score (nSPS) is 10.7. The number of rotatable bonds is 5. The lowest BCUT2D eigenvalue weighted by Gasteiger charge is -2.08. The number of hydrogen-bond donors (Lipinski definition) is 1. The third-order valence-corrected chi connectivity index (χ3v) is 4.54. The predicted molar refractivity (Wildman–Crippen MR) is 92.5 cm³/mol. The third-order valence-electron chi connectivity index (χ3n) is 3.61. The Kier molecular flexibility index (Phi) is 4.76. The number of aryl methyl sites for hydroxylation is 1. The van der Waals surface area contributed by atoms with Crippen molar-refractivity contribution < 1.29 is 13.5 Å². The topological polar surface area (TPSA) is 34.1 Å².